The second-order valence-electron chi connectivity index (χ2n) is 6.27. The molecular formula is C19H23N3O4. The van der Waals surface area contributed by atoms with E-state index in [1.165, 1.54) is 0 Å². The van der Waals surface area contributed by atoms with E-state index in [0.717, 1.165) is 13.1 Å². The Bertz CT molecular complexity index is 745. The molecule has 0 radical (unpaired) electrons. The molecule has 26 heavy (non-hydrogen) atoms. The number of rotatable bonds is 6. The van der Waals surface area contributed by atoms with Crippen molar-refractivity contribution in [2.75, 3.05) is 31.6 Å². The first kappa shape index (κ1) is 18.2. The predicted molar refractivity (Wildman–Crippen MR) is 96.8 cm³/mol. The molecule has 1 saturated heterocycles. The number of benzene rings is 1. The van der Waals surface area contributed by atoms with Gasteiger partial charge in [0.2, 0.25) is 5.91 Å². The number of nitrogens with zero attached hydrogens (tertiary/aromatic N) is 1. The van der Waals surface area contributed by atoms with Crippen molar-refractivity contribution in [1.82, 2.24) is 10.2 Å². The second-order valence-corrected chi connectivity index (χ2v) is 6.27. The molecule has 1 aliphatic rings. The predicted octanol–water partition coefficient (Wildman–Crippen LogP) is 1.87. The van der Waals surface area contributed by atoms with Crippen molar-refractivity contribution in [3.05, 3.63) is 54.0 Å². The van der Waals surface area contributed by atoms with Crippen LogP contribution >= 0.6 is 0 Å². The van der Waals surface area contributed by atoms with Crippen LogP contribution in [-0.4, -0.2) is 49.1 Å². The van der Waals surface area contributed by atoms with Crippen molar-refractivity contribution in [2.24, 2.45) is 0 Å². The summed E-state index contributed by atoms with van der Waals surface area (Å²) in [6.45, 7) is 4.63. The summed E-state index contributed by atoms with van der Waals surface area (Å²) < 4.78 is 10.7. The molecule has 2 heterocycles. The first-order valence-electron chi connectivity index (χ1n) is 8.65. The third-order valence-corrected chi connectivity index (χ3v) is 4.14. The van der Waals surface area contributed by atoms with E-state index >= 15 is 0 Å². The van der Waals surface area contributed by atoms with E-state index in [9.17, 15) is 9.59 Å². The summed E-state index contributed by atoms with van der Waals surface area (Å²) in [7, 11) is 0. The lowest BCUT2D eigenvalue weighted by Gasteiger charge is -2.30. The van der Waals surface area contributed by atoms with Crippen molar-refractivity contribution >= 4 is 17.5 Å². The molecule has 3 rings (SSSR count). The van der Waals surface area contributed by atoms with E-state index in [1.54, 1.807) is 42.7 Å². The number of amides is 2. The van der Waals surface area contributed by atoms with Crippen molar-refractivity contribution in [3.8, 4) is 0 Å². The van der Waals surface area contributed by atoms with Gasteiger partial charge in [0.25, 0.3) is 5.91 Å². The van der Waals surface area contributed by atoms with Gasteiger partial charge in [0, 0.05) is 13.1 Å². The molecule has 7 nitrogen and oxygen atoms in total. The summed E-state index contributed by atoms with van der Waals surface area (Å²) in [6, 6.07) is 10.5. The highest BCUT2D eigenvalue weighted by molar-refractivity contribution is 6.04. The molecule has 1 atom stereocenters. The second kappa shape index (κ2) is 8.64. The average molecular weight is 357 g/mol. The number of hydrogen-bond donors (Lipinski definition) is 2. The fourth-order valence-electron chi connectivity index (χ4n) is 2.89. The Labute approximate surface area is 152 Å². The summed E-state index contributed by atoms with van der Waals surface area (Å²) in [5.41, 5.74) is 0.915. The van der Waals surface area contributed by atoms with Crippen molar-refractivity contribution < 1.29 is 18.7 Å². The van der Waals surface area contributed by atoms with Gasteiger partial charge in [-0.05, 0) is 31.2 Å². The van der Waals surface area contributed by atoms with Crippen LogP contribution in [0.2, 0.25) is 0 Å². The molecule has 0 saturated carbocycles. The molecule has 2 amide bonds. The van der Waals surface area contributed by atoms with Crippen molar-refractivity contribution in [3.63, 3.8) is 0 Å². The van der Waals surface area contributed by atoms with Gasteiger partial charge in [-0.25, -0.2) is 0 Å². The Hall–Kier alpha value is -2.64. The van der Waals surface area contributed by atoms with E-state index in [-0.39, 0.29) is 24.5 Å². The van der Waals surface area contributed by atoms with Crippen molar-refractivity contribution in [1.29, 1.82) is 0 Å². The van der Waals surface area contributed by atoms with E-state index in [1.807, 2.05) is 11.8 Å². The molecule has 1 aromatic heterocycles. The summed E-state index contributed by atoms with van der Waals surface area (Å²) in [5.74, 6) is 0.254. The average Bonchev–Trinajstić information content (AvgIpc) is 3.13. The number of carbonyl (C=O) groups is 2. The third-order valence-electron chi connectivity index (χ3n) is 4.14. The van der Waals surface area contributed by atoms with Crippen LogP contribution in [0.25, 0.3) is 0 Å². The SMILES string of the molecule is CC1CN(CC(=O)Nc2ccccc2C(=O)NCc2ccco2)CCO1. The lowest BCUT2D eigenvalue weighted by atomic mass is 10.1. The fraction of sp³-hybridized carbons (Fsp3) is 0.368. The molecule has 1 aliphatic heterocycles. The van der Waals surface area contributed by atoms with Crippen LogP contribution in [-0.2, 0) is 16.1 Å². The Morgan fingerprint density at radius 3 is 2.85 bits per heavy atom. The summed E-state index contributed by atoms with van der Waals surface area (Å²) >= 11 is 0. The van der Waals surface area contributed by atoms with Crippen LogP contribution in [0.3, 0.4) is 0 Å². The maximum Gasteiger partial charge on any atom is 0.253 e. The topological polar surface area (TPSA) is 83.8 Å². The normalized spacial score (nSPS) is 17.7. The number of hydrogen-bond acceptors (Lipinski definition) is 5. The molecule has 1 fully saturated rings. The molecule has 1 unspecified atom stereocenters. The van der Waals surface area contributed by atoms with E-state index in [4.69, 9.17) is 9.15 Å². The Kier molecular flexibility index (Phi) is 6.04. The Morgan fingerprint density at radius 2 is 2.08 bits per heavy atom. The number of morpholine rings is 1. The monoisotopic (exact) mass is 357 g/mol. The maximum atomic E-state index is 12.4. The number of furan rings is 1. The molecule has 2 N–H and O–H groups in total. The van der Waals surface area contributed by atoms with E-state index in [2.05, 4.69) is 10.6 Å². The number of nitrogens with one attached hydrogen (secondary N) is 2. The van der Waals surface area contributed by atoms with Gasteiger partial charge in [0.05, 0.1) is 43.3 Å². The Balaban J connectivity index is 1.59. The fourth-order valence-corrected chi connectivity index (χ4v) is 2.89. The summed E-state index contributed by atoms with van der Waals surface area (Å²) in [5, 5.41) is 5.63. The molecule has 0 spiro atoms. The van der Waals surface area contributed by atoms with Crippen LogP contribution in [0.5, 0.6) is 0 Å². The number of ether oxygens (including phenoxy) is 1. The van der Waals surface area contributed by atoms with Gasteiger partial charge in [-0.2, -0.15) is 0 Å². The maximum absolute atomic E-state index is 12.4. The molecule has 2 aromatic rings. The van der Waals surface area contributed by atoms with Gasteiger partial charge in [-0.15, -0.1) is 0 Å². The number of anilines is 1. The van der Waals surface area contributed by atoms with Crippen LogP contribution in [0.1, 0.15) is 23.0 Å². The molecule has 0 bridgehead atoms. The number of para-hydroxylation sites is 1. The first-order chi connectivity index (χ1) is 12.6. The highest BCUT2D eigenvalue weighted by atomic mass is 16.5. The molecule has 138 valence electrons. The highest BCUT2D eigenvalue weighted by Crippen LogP contribution is 2.15. The zero-order valence-electron chi connectivity index (χ0n) is 14.7. The quantitative estimate of drug-likeness (QED) is 0.825. The zero-order valence-corrected chi connectivity index (χ0v) is 14.7. The lowest BCUT2D eigenvalue weighted by Crippen LogP contribution is -2.44. The van der Waals surface area contributed by atoms with Gasteiger partial charge in [-0.3, -0.25) is 14.5 Å². The van der Waals surface area contributed by atoms with Gasteiger partial charge in [0.15, 0.2) is 0 Å². The van der Waals surface area contributed by atoms with Crippen LogP contribution < -0.4 is 10.6 Å². The first-order valence-corrected chi connectivity index (χ1v) is 8.65. The number of carbonyl (C=O) groups excluding carboxylic acids is 2. The van der Waals surface area contributed by atoms with Crippen LogP contribution in [0.15, 0.2) is 47.1 Å². The lowest BCUT2D eigenvalue weighted by molar-refractivity contribution is -0.119. The van der Waals surface area contributed by atoms with Crippen molar-refractivity contribution in [2.45, 2.75) is 19.6 Å². The largest absolute Gasteiger partial charge is 0.467 e. The highest BCUT2D eigenvalue weighted by Gasteiger charge is 2.20. The Morgan fingerprint density at radius 1 is 1.23 bits per heavy atom. The molecule has 7 heteroatoms. The van der Waals surface area contributed by atoms with Crippen LogP contribution in [0, 0.1) is 0 Å². The summed E-state index contributed by atoms with van der Waals surface area (Å²) in [6.07, 6.45) is 1.68. The van der Waals surface area contributed by atoms with Gasteiger partial charge < -0.3 is 19.8 Å². The van der Waals surface area contributed by atoms with Gasteiger partial charge in [0.1, 0.15) is 5.76 Å². The third kappa shape index (κ3) is 4.93. The molecule has 0 aliphatic carbocycles. The van der Waals surface area contributed by atoms with E-state index < -0.39 is 0 Å². The van der Waals surface area contributed by atoms with Gasteiger partial charge >= 0.3 is 0 Å². The molecule has 1 aromatic carbocycles. The standard InChI is InChI=1S/C19H23N3O4/c1-14-12-22(8-10-25-14)13-18(23)21-17-7-3-2-6-16(17)19(24)20-11-15-5-4-9-26-15/h2-7,9,14H,8,10-13H2,1H3,(H,20,24)(H,21,23). The zero-order chi connectivity index (χ0) is 18.4. The smallest absolute Gasteiger partial charge is 0.253 e. The molecular weight excluding hydrogens is 334 g/mol. The van der Waals surface area contributed by atoms with Gasteiger partial charge in [-0.1, -0.05) is 12.1 Å². The minimum Gasteiger partial charge on any atom is -0.467 e. The summed E-state index contributed by atoms with van der Waals surface area (Å²) in [4.78, 5) is 26.9. The van der Waals surface area contributed by atoms with E-state index in [0.29, 0.717) is 30.2 Å². The minimum atomic E-state index is -0.266. The van der Waals surface area contributed by atoms with Crippen LogP contribution in [0.4, 0.5) is 5.69 Å². The minimum absolute atomic E-state index is 0.121.